The van der Waals surface area contributed by atoms with Gasteiger partial charge in [-0.1, -0.05) is 30.5 Å². The maximum absolute atomic E-state index is 6.75. The van der Waals surface area contributed by atoms with Gasteiger partial charge in [-0.15, -0.1) is 0 Å². The second-order valence-electron chi connectivity index (χ2n) is 6.58. The molecule has 1 aliphatic heterocycles. The van der Waals surface area contributed by atoms with Gasteiger partial charge >= 0.3 is 0 Å². The molecule has 0 bridgehead atoms. The number of nitrogens with zero attached hydrogens (tertiary/aromatic N) is 1. The van der Waals surface area contributed by atoms with Crippen LogP contribution in [-0.2, 0) is 0 Å². The van der Waals surface area contributed by atoms with Gasteiger partial charge in [0.2, 0.25) is 0 Å². The Bertz CT molecular complexity index is 480. The van der Waals surface area contributed by atoms with E-state index in [0.717, 1.165) is 17.1 Å². The molecule has 1 saturated carbocycles. The standard InChI is InChI=1S/C17H25ClN2/c1-13-7-8-14(12-15(13)18)20-11-5-2-6-16(20)17(19)9-3-4-10-17/h7-8,12,16H,2-6,9-11,19H2,1H3. The molecule has 3 heteroatoms. The van der Waals surface area contributed by atoms with Gasteiger partial charge in [-0.25, -0.2) is 0 Å². The van der Waals surface area contributed by atoms with Gasteiger partial charge in [0.1, 0.15) is 0 Å². The van der Waals surface area contributed by atoms with Gasteiger partial charge in [0.05, 0.1) is 0 Å². The first kappa shape index (κ1) is 14.2. The lowest BCUT2D eigenvalue weighted by Crippen LogP contribution is -2.59. The normalized spacial score (nSPS) is 25.9. The molecule has 0 amide bonds. The molecule has 2 aliphatic rings. The molecule has 1 atom stereocenters. The molecule has 0 radical (unpaired) electrons. The maximum atomic E-state index is 6.75. The second-order valence-corrected chi connectivity index (χ2v) is 6.99. The minimum atomic E-state index is 0.0117. The lowest BCUT2D eigenvalue weighted by molar-refractivity contribution is 0.289. The molecule has 20 heavy (non-hydrogen) atoms. The molecule has 2 fully saturated rings. The number of piperidine rings is 1. The van der Waals surface area contributed by atoms with E-state index in [-0.39, 0.29) is 5.54 Å². The second kappa shape index (κ2) is 5.57. The predicted octanol–water partition coefficient (Wildman–Crippen LogP) is 4.28. The molecule has 110 valence electrons. The minimum absolute atomic E-state index is 0.0117. The number of nitrogens with two attached hydrogens (primary N) is 1. The summed E-state index contributed by atoms with van der Waals surface area (Å²) in [5.41, 5.74) is 9.16. The van der Waals surface area contributed by atoms with Gasteiger partial charge in [0.15, 0.2) is 0 Å². The van der Waals surface area contributed by atoms with Crippen LogP contribution >= 0.6 is 11.6 Å². The molecular formula is C17H25ClN2. The van der Waals surface area contributed by atoms with E-state index in [9.17, 15) is 0 Å². The summed E-state index contributed by atoms with van der Waals surface area (Å²) in [7, 11) is 0. The van der Waals surface area contributed by atoms with E-state index >= 15 is 0 Å². The largest absolute Gasteiger partial charge is 0.367 e. The summed E-state index contributed by atoms with van der Waals surface area (Å²) in [6, 6.07) is 6.93. The van der Waals surface area contributed by atoms with Crippen molar-refractivity contribution in [1.29, 1.82) is 0 Å². The van der Waals surface area contributed by atoms with E-state index in [2.05, 4.69) is 30.0 Å². The van der Waals surface area contributed by atoms with E-state index in [1.807, 2.05) is 0 Å². The zero-order valence-corrected chi connectivity index (χ0v) is 13.1. The summed E-state index contributed by atoms with van der Waals surface area (Å²) in [6.07, 6.45) is 8.71. The summed E-state index contributed by atoms with van der Waals surface area (Å²) >= 11 is 6.32. The molecule has 1 aliphatic carbocycles. The molecular weight excluding hydrogens is 268 g/mol. The summed E-state index contributed by atoms with van der Waals surface area (Å²) in [4.78, 5) is 2.53. The molecule has 0 spiro atoms. The molecule has 0 aromatic heterocycles. The van der Waals surface area contributed by atoms with Crippen LogP contribution in [0.15, 0.2) is 18.2 Å². The Morgan fingerprint density at radius 1 is 1.20 bits per heavy atom. The number of hydrogen-bond donors (Lipinski definition) is 1. The molecule has 3 rings (SSSR count). The van der Waals surface area contributed by atoms with Crippen molar-refractivity contribution in [1.82, 2.24) is 0 Å². The summed E-state index contributed by atoms with van der Waals surface area (Å²) in [6.45, 7) is 3.17. The zero-order chi connectivity index (χ0) is 14.2. The van der Waals surface area contributed by atoms with Gasteiger partial charge in [0, 0.05) is 28.8 Å². The van der Waals surface area contributed by atoms with Crippen LogP contribution in [0.2, 0.25) is 5.02 Å². The Kier molecular flexibility index (Phi) is 3.96. The van der Waals surface area contributed by atoms with Crippen molar-refractivity contribution >= 4 is 17.3 Å². The number of aryl methyl sites for hydroxylation is 1. The van der Waals surface area contributed by atoms with Crippen molar-refractivity contribution in [3.8, 4) is 0 Å². The lowest BCUT2D eigenvalue weighted by Gasteiger charge is -2.46. The average molecular weight is 293 g/mol. The topological polar surface area (TPSA) is 29.3 Å². The van der Waals surface area contributed by atoms with Crippen LogP contribution in [0.25, 0.3) is 0 Å². The van der Waals surface area contributed by atoms with Gasteiger partial charge in [0.25, 0.3) is 0 Å². The Balaban J connectivity index is 1.90. The highest BCUT2D eigenvalue weighted by Crippen LogP contribution is 2.39. The van der Waals surface area contributed by atoms with Crippen molar-refractivity contribution < 1.29 is 0 Å². The molecule has 1 saturated heterocycles. The van der Waals surface area contributed by atoms with E-state index in [0.29, 0.717) is 6.04 Å². The van der Waals surface area contributed by atoms with E-state index in [1.54, 1.807) is 0 Å². The molecule has 2 nitrogen and oxygen atoms in total. The monoisotopic (exact) mass is 292 g/mol. The Hall–Kier alpha value is -0.730. The van der Waals surface area contributed by atoms with Crippen LogP contribution in [0.5, 0.6) is 0 Å². The molecule has 1 heterocycles. The van der Waals surface area contributed by atoms with Crippen LogP contribution in [0.3, 0.4) is 0 Å². The molecule has 1 unspecified atom stereocenters. The highest BCUT2D eigenvalue weighted by Gasteiger charge is 2.41. The fraction of sp³-hybridized carbons (Fsp3) is 0.647. The van der Waals surface area contributed by atoms with Crippen molar-refractivity contribution in [2.75, 3.05) is 11.4 Å². The van der Waals surface area contributed by atoms with Gasteiger partial charge in [-0.05, 0) is 56.7 Å². The highest BCUT2D eigenvalue weighted by atomic mass is 35.5. The number of anilines is 1. The Labute approximate surface area is 127 Å². The van der Waals surface area contributed by atoms with Crippen LogP contribution in [0, 0.1) is 6.92 Å². The van der Waals surface area contributed by atoms with Crippen LogP contribution in [-0.4, -0.2) is 18.1 Å². The van der Waals surface area contributed by atoms with E-state index in [1.165, 1.54) is 50.6 Å². The third-order valence-electron chi connectivity index (χ3n) is 5.19. The zero-order valence-electron chi connectivity index (χ0n) is 12.4. The predicted molar refractivity (Wildman–Crippen MR) is 86.6 cm³/mol. The smallest absolute Gasteiger partial charge is 0.0469 e. The first-order valence-electron chi connectivity index (χ1n) is 7.92. The highest BCUT2D eigenvalue weighted by molar-refractivity contribution is 6.31. The van der Waals surface area contributed by atoms with Gasteiger partial charge in [-0.3, -0.25) is 0 Å². The fourth-order valence-electron chi connectivity index (χ4n) is 3.97. The maximum Gasteiger partial charge on any atom is 0.0469 e. The third-order valence-corrected chi connectivity index (χ3v) is 5.60. The van der Waals surface area contributed by atoms with Crippen LogP contribution in [0.4, 0.5) is 5.69 Å². The van der Waals surface area contributed by atoms with E-state index < -0.39 is 0 Å². The van der Waals surface area contributed by atoms with Crippen molar-refractivity contribution in [2.45, 2.75) is 63.5 Å². The van der Waals surface area contributed by atoms with Crippen LogP contribution < -0.4 is 10.6 Å². The molecule has 1 aromatic rings. The molecule has 2 N–H and O–H groups in total. The van der Waals surface area contributed by atoms with Crippen LogP contribution in [0.1, 0.15) is 50.5 Å². The lowest BCUT2D eigenvalue weighted by atomic mass is 9.82. The van der Waals surface area contributed by atoms with Crippen molar-refractivity contribution in [3.05, 3.63) is 28.8 Å². The fourth-order valence-corrected chi connectivity index (χ4v) is 4.14. The number of rotatable bonds is 2. The summed E-state index contributed by atoms with van der Waals surface area (Å²) < 4.78 is 0. The number of benzene rings is 1. The quantitative estimate of drug-likeness (QED) is 0.881. The van der Waals surface area contributed by atoms with Crippen molar-refractivity contribution in [2.24, 2.45) is 5.73 Å². The first-order valence-corrected chi connectivity index (χ1v) is 8.30. The first-order chi connectivity index (χ1) is 9.60. The SMILES string of the molecule is Cc1ccc(N2CCCCC2C2(N)CCCC2)cc1Cl. The van der Waals surface area contributed by atoms with Gasteiger partial charge in [-0.2, -0.15) is 0 Å². The Morgan fingerprint density at radius 3 is 2.65 bits per heavy atom. The average Bonchev–Trinajstić information content (AvgIpc) is 2.90. The summed E-state index contributed by atoms with van der Waals surface area (Å²) in [5.74, 6) is 0. The number of halogens is 1. The Morgan fingerprint density at radius 2 is 1.95 bits per heavy atom. The molecule has 1 aromatic carbocycles. The van der Waals surface area contributed by atoms with Crippen molar-refractivity contribution in [3.63, 3.8) is 0 Å². The minimum Gasteiger partial charge on any atom is -0.367 e. The van der Waals surface area contributed by atoms with Gasteiger partial charge < -0.3 is 10.6 Å². The number of hydrogen-bond acceptors (Lipinski definition) is 2. The van der Waals surface area contributed by atoms with E-state index in [4.69, 9.17) is 17.3 Å². The third kappa shape index (κ3) is 2.56. The summed E-state index contributed by atoms with van der Waals surface area (Å²) in [5, 5.41) is 0.865.